The van der Waals surface area contributed by atoms with Gasteiger partial charge in [0.05, 0.1) is 34.6 Å². The lowest BCUT2D eigenvalue weighted by atomic mass is 9.82. The van der Waals surface area contributed by atoms with Crippen LogP contribution >= 0.6 is 0 Å². The van der Waals surface area contributed by atoms with Crippen LogP contribution in [0.15, 0.2) is 30.3 Å². The number of carbonyl (C=O) groups excluding carboxylic acids is 6. The van der Waals surface area contributed by atoms with Gasteiger partial charge in [-0.2, -0.15) is 0 Å². The molecule has 7 atom stereocenters. The van der Waals surface area contributed by atoms with Crippen LogP contribution < -0.4 is 4.74 Å². The second kappa shape index (κ2) is 15.6. The Labute approximate surface area is 363 Å². The smallest absolute Gasteiger partial charge is 0.340 e. The van der Waals surface area contributed by atoms with Gasteiger partial charge in [0.1, 0.15) is 18.6 Å². The molecular weight excluding hydrogens is 896 g/mol. The Morgan fingerprint density at radius 1 is 0.576 bits per heavy atom. The van der Waals surface area contributed by atoms with Crippen molar-refractivity contribution in [1.29, 1.82) is 0 Å². The van der Waals surface area contributed by atoms with Crippen molar-refractivity contribution in [2.45, 2.75) is 43.0 Å². The Bertz CT molecular complexity index is 2840. The highest BCUT2D eigenvalue weighted by Gasteiger charge is 2.58. The van der Waals surface area contributed by atoms with Crippen molar-refractivity contribution in [3.63, 3.8) is 0 Å². The maximum absolute atomic E-state index is 14.6. The summed E-state index contributed by atoms with van der Waals surface area (Å²) < 4.78 is 38.9. The molecule has 0 unspecified atom stereocenters. The maximum Gasteiger partial charge on any atom is 0.340 e. The fourth-order valence-electron chi connectivity index (χ4n) is 7.76. The molecule has 0 aromatic heterocycles. The van der Waals surface area contributed by atoms with Crippen molar-refractivity contribution >= 4 is 41.8 Å². The van der Waals surface area contributed by atoms with Crippen LogP contribution in [0.4, 0.5) is 0 Å². The van der Waals surface area contributed by atoms with Gasteiger partial charge in [0.2, 0.25) is 29.6 Å². The molecule has 1 saturated heterocycles. The number of aliphatic carboxylic acids is 1. The van der Waals surface area contributed by atoms with E-state index in [1.165, 1.54) is 0 Å². The summed E-state index contributed by atoms with van der Waals surface area (Å²) in [5, 5.41) is 125. The summed E-state index contributed by atoms with van der Waals surface area (Å²) in [5.41, 5.74) is -6.77. The summed E-state index contributed by atoms with van der Waals surface area (Å²) in [5.74, 6) is -30.9. The molecule has 26 heteroatoms. The number of carboxylic acids is 1. The van der Waals surface area contributed by atoms with Crippen LogP contribution in [0.5, 0.6) is 69.0 Å². The van der Waals surface area contributed by atoms with E-state index in [1.807, 2.05) is 0 Å². The van der Waals surface area contributed by atoms with Crippen LogP contribution in [0, 0.1) is 5.92 Å². The molecule has 4 aliphatic rings. The second-order valence-electron chi connectivity index (χ2n) is 14.7. The summed E-state index contributed by atoms with van der Waals surface area (Å²) in [6.45, 7) is -1.27. The van der Waals surface area contributed by atoms with Gasteiger partial charge < -0.3 is 94.4 Å². The zero-order chi connectivity index (χ0) is 48.0. The number of phenols is 11. The second-order valence-corrected chi connectivity index (χ2v) is 14.7. The molecule has 4 aromatic carbocycles. The van der Waals surface area contributed by atoms with Crippen molar-refractivity contribution in [2.24, 2.45) is 5.92 Å². The van der Waals surface area contributed by atoms with Crippen LogP contribution in [0.2, 0.25) is 0 Å². The number of hydrogen-bond donors (Lipinski definition) is 12. The van der Waals surface area contributed by atoms with Crippen LogP contribution in [-0.2, 0) is 42.8 Å². The van der Waals surface area contributed by atoms with Crippen LogP contribution in [0.1, 0.15) is 59.3 Å². The first-order valence-corrected chi connectivity index (χ1v) is 18.6. The molecule has 4 aliphatic heterocycles. The molecule has 26 nitrogen and oxygen atoms in total. The van der Waals surface area contributed by atoms with Crippen molar-refractivity contribution in [3.05, 3.63) is 58.1 Å². The third-order valence-electron chi connectivity index (χ3n) is 10.8. The highest BCUT2D eigenvalue weighted by Crippen LogP contribution is 2.54. The van der Waals surface area contributed by atoms with E-state index >= 15 is 0 Å². The van der Waals surface area contributed by atoms with Crippen LogP contribution in [-0.4, -0.2) is 140 Å². The van der Waals surface area contributed by atoms with Gasteiger partial charge in [0.15, 0.2) is 64.0 Å². The van der Waals surface area contributed by atoms with Gasteiger partial charge in [0, 0.05) is 16.7 Å². The minimum absolute atomic E-state index is 0.378. The number of benzene rings is 4. The lowest BCUT2D eigenvalue weighted by Gasteiger charge is -2.44. The quantitative estimate of drug-likeness (QED) is 0.0578. The van der Waals surface area contributed by atoms with E-state index in [0.29, 0.717) is 30.3 Å². The minimum atomic E-state index is -2.53. The van der Waals surface area contributed by atoms with Gasteiger partial charge in [-0.25, -0.2) is 19.2 Å². The topological polar surface area (TPSA) is 427 Å². The number of fused-ring (bicyclic) bond motifs is 3. The molecule has 12 N–H and O–H groups in total. The first-order chi connectivity index (χ1) is 31.1. The van der Waals surface area contributed by atoms with E-state index in [1.54, 1.807) is 0 Å². The van der Waals surface area contributed by atoms with E-state index < -0.39 is 205 Å². The van der Waals surface area contributed by atoms with E-state index in [4.69, 9.17) is 33.2 Å². The molecule has 66 heavy (non-hydrogen) atoms. The van der Waals surface area contributed by atoms with Gasteiger partial charge >= 0.3 is 41.8 Å². The summed E-state index contributed by atoms with van der Waals surface area (Å²) in [6.07, 6.45) is -13.4. The normalized spacial score (nSPS) is 23.3. The number of cyclic esters (lactones) is 1. The molecule has 4 bridgehead atoms. The average Bonchev–Trinajstić information content (AvgIpc) is 3.60. The molecule has 0 radical (unpaired) electrons. The molecular formula is C40H28O26. The van der Waals surface area contributed by atoms with Crippen molar-refractivity contribution in [3.8, 4) is 80.1 Å². The fourth-order valence-corrected chi connectivity index (χ4v) is 7.76. The molecule has 4 heterocycles. The first kappa shape index (κ1) is 43.6. The Morgan fingerprint density at radius 2 is 1.09 bits per heavy atom. The minimum Gasteiger partial charge on any atom is -0.504 e. The number of hydrogen-bond acceptors (Lipinski definition) is 25. The monoisotopic (exact) mass is 924 g/mol. The highest BCUT2D eigenvalue weighted by molar-refractivity contribution is 6.08. The Balaban J connectivity index is 1.38. The van der Waals surface area contributed by atoms with Crippen molar-refractivity contribution in [1.82, 2.24) is 0 Å². The average molecular weight is 925 g/mol. The molecule has 0 amide bonds. The highest BCUT2D eigenvalue weighted by atomic mass is 16.7. The Hall–Kier alpha value is -9.07. The number of rotatable bonds is 4. The SMILES string of the molecule is O=C(O)C[C@@H]1C(=O)O[C@H]2[C@@H]3OC(=O)c4cc(O)c(O)c(O)c4-c4c(cc(O)c(O)c4O)C(=O)OC[C@H]2O[C@@H](OC(=O)c2cc(O)c(O)c(O)c2)[C@@H]3OC(=O)c2cc(O)c(O)c3c2[C@@H]1C(=O)O3. The van der Waals surface area contributed by atoms with Crippen LogP contribution in [0.25, 0.3) is 11.1 Å². The lowest BCUT2D eigenvalue weighted by molar-refractivity contribution is -0.287. The van der Waals surface area contributed by atoms with Gasteiger partial charge in [-0.1, -0.05) is 0 Å². The summed E-state index contributed by atoms with van der Waals surface area (Å²) in [7, 11) is 0. The number of aromatic hydroxyl groups is 11. The number of ether oxygens (including phenoxy) is 7. The number of esters is 6. The van der Waals surface area contributed by atoms with Gasteiger partial charge in [0.25, 0.3) is 0 Å². The molecule has 1 fully saturated rings. The summed E-state index contributed by atoms with van der Waals surface area (Å²) in [4.78, 5) is 96.7. The predicted molar refractivity (Wildman–Crippen MR) is 200 cm³/mol. The number of carbonyl (C=O) groups is 7. The standard InChI is InChI=1S/C40H28O26/c41-13-1-8(2-14(42)24(13)48)34(54)66-40-33-32-30(62-38(58)12(6-19(46)47)23-22-11(37(57)65-33)5-17(45)27(51)31(22)63-39(23)59)18(61-40)7-60-35(55)9-3-15(43)25(49)28(52)20(9)21-10(36(56)64-32)4-16(44)26(50)29(21)53/h1-5,12,18,23,30,32-33,40-45,48-53H,6-7H2,(H,46,47)/t12-,18+,23+,30+,32-,33+,40-/m0/s1. The third-order valence-corrected chi connectivity index (χ3v) is 10.8. The predicted octanol–water partition coefficient (Wildman–Crippen LogP) is 0.637. The van der Waals surface area contributed by atoms with E-state index in [9.17, 15) is 94.8 Å². The summed E-state index contributed by atoms with van der Waals surface area (Å²) >= 11 is 0. The molecule has 344 valence electrons. The molecule has 0 aliphatic carbocycles. The van der Waals surface area contributed by atoms with Crippen LogP contribution in [0.3, 0.4) is 0 Å². The van der Waals surface area contributed by atoms with Crippen molar-refractivity contribution < 1.29 is 128 Å². The number of carboxylic acid groups (broad SMARTS) is 1. The Kier molecular flexibility index (Phi) is 10.3. The third kappa shape index (κ3) is 6.92. The first-order valence-electron chi connectivity index (χ1n) is 18.6. The van der Waals surface area contributed by atoms with E-state index in [0.717, 1.165) is 0 Å². The summed E-state index contributed by atoms with van der Waals surface area (Å²) in [6, 6.07) is 2.48. The van der Waals surface area contributed by atoms with E-state index in [2.05, 4.69) is 0 Å². The fraction of sp³-hybridized carbons (Fsp3) is 0.225. The zero-order valence-electron chi connectivity index (χ0n) is 32.4. The maximum atomic E-state index is 14.6. The molecule has 4 aromatic rings. The van der Waals surface area contributed by atoms with Gasteiger partial charge in [-0.3, -0.25) is 14.4 Å². The van der Waals surface area contributed by atoms with Gasteiger partial charge in [-0.05, 0) is 30.3 Å². The van der Waals surface area contributed by atoms with Crippen molar-refractivity contribution in [2.75, 3.05) is 6.61 Å². The molecule has 0 spiro atoms. The number of phenolic OH excluding ortho intramolecular Hbond substituents is 11. The Morgan fingerprint density at radius 3 is 1.68 bits per heavy atom. The van der Waals surface area contributed by atoms with E-state index in [-0.39, 0.29) is 0 Å². The lowest BCUT2D eigenvalue weighted by Crippen LogP contribution is -2.63. The molecule has 8 rings (SSSR count). The largest absolute Gasteiger partial charge is 0.504 e. The molecule has 0 saturated carbocycles. The zero-order valence-corrected chi connectivity index (χ0v) is 32.4. The van der Waals surface area contributed by atoms with Gasteiger partial charge in [-0.15, -0.1) is 0 Å².